The monoisotopic (exact) mass is 289 g/mol. The standard InChI is InChI=1S/C18H27NO2/c1-13-12-16(10-11-17(13)21-3)18(20)19-14(2)15-8-6-4-5-7-9-15/h10-12,14-15H,4-9H2,1-3H3,(H,19,20). The van der Waals surface area contributed by atoms with E-state index in [1.807, 2.05) is 25.1 Å². The molecule has 1 aliphatic rings. The maximum absolute atomic E-state index is 12.4. The molecular formula is C18H27NO2. The minimum absolute atomic E-state index is 0.0255. The molecule has 0 aromatic heterocycles. The zero-order chi connectivity index (χ0) is 15.2. The topological polar surface area (TPSA) is 38.3 Å². The Morgan fingerprint density at radius 3 is 2.48 bits per heavy atom. The normalized spacial score (nSPS) is 17.9. The van der Waals surface area contributed by atoms with Gasteiger partial charge in [0.05, 0.1) is 7.11 Å². The molecule has 1 N–H and O–H groups in total. The first-order valence-corrected chi connectivity index (χ1v) is 8.07. The number of rotatable bonds is 4. The summed E-state index contributed by atoms with van der Waals surface area (Å²) in [6.45, 7) is 4.11. The van der Waals surface area contributed by atoms with Crippen LogP contribution in [-0.2, 0) is 0 Å². The lowest BCUT2D eigenvalue weighted by molar-refractivity contribution is 0.0923. The second-order valence-corrected chi connectivity index (χ2v) is 6.20. The van der Waals surface area contributed by atoms with E-state index >= 15 is 0 Å². The van der Waals surface area contributed by atoms with Crippen LogP contribution >= 0.6 is 0 Å². The number of benzene rings is 1. The van der Waals surface area contributed by atoms with Gasteiger partial charge in [-0.3, -0.25) is 4.79 Å². The van der Waals surface area contributed by atoms with E-state index in [0.29, 0.717) is 11.5 Å². The summed E-state index contributed by atoms with van der Waals surface area (Å²) in [5.41, 5.74) is 1.71. The van der Waals surface area contributed by atoms with E-state index in [4.69, 9.17) is 4.74 Å². The van der Waals surface area contributed by atoms with Crippen LogP contribution in [0.25, 0.3) is 0 Å². The summed E-state index contributed by atoms with van der Waals surface area (Å²) in [6.07, 6.45) is 7.76. The maximum Gasteiger partial charge on any atom is 0.251 e. The molecule has 1 amide bonds. The molecule has 1 unspecified atom stereocenters. The zero-order valence-electron chi connectivity index (χ0n) is 13.4. The van der Waals surface area contributed by atoms with Crippen molar-refractivity contribution in [2.45, 2.75) is 58.4 Å². The van der Waals surface area contributed by atoms with E-state index < -0.39 is 0 Å². The van der Waals surface area contributed by atoms with Gasteiger partial charge >= 0.3 is 0 Å². The highest BCUT2D eigenvalue weighted by molar-refractivity contribution is 5.94. The molecule has 1 aromatic rings. The number of ether oxygens (including phenoxy) is 1. The van der Waals surface area contributed by atoms with E-state index in [9.17, 15) is 4.79 Å². The molecule has 1 aromatic carbocycles. The number of carbonyl (C=O) groups is 1. The van der Waals surface area contributed by atoms with Gasteiger partial charge in [-0.05, 0) is 56.4 Å². The van der Waals surface area contributed by atoms with Crippen molar-refractivity contribution < 1.29 is 9.53 Å². The fraction of sp³-hybridized carbons (Fsp3) is 0.611. The van der Waals surface area contributed by atoms with Crippen molar-refractivity contribution in [3.8, 4) is 5.75 Å². The molecule has 1 aliphatic carbocycles. The molecule has 0 aliphatic heterocycles. The van der Waals surface area contributed by atoms with Gasteiger partial charge in [0, 0.05) is 11.6 Å². The summed E-state index contributed by atoms with van der Waals surface area (Å²) >= 11 is 0. The van der Waals surface area contributed by atoms with Gasteiger partial charge in [-0.2, -0.15) is 0 Å². The van der Waals surface area contributed by atoms with Crippen LogP contribution in [0.4, 0.5) is 0 Å². The largest absolute Gasteiger partial charge is 0.496 e. The van der Waals surface area contributed by atoms with Crippen molar-refractivity contribution in [2.75, 3.05) is 7.11 Å². The SMILES string of the molecule is COc1ccc(C(=O)NC(C)C2CCCCCC2)cc1C. The van der Waals surface area contributed by atoms with Crippen LogP contribution in [0.2, 0.25) is 0 Å². The third kappa shape index (κ3) is 4.23. The molecule has 3 nitrogen and oxygen atoms in total. The van der Waals surface area contributed by atoms with Gasteiger partial charge in [-0.25, -0.2) is 0 Å². The van der Waals surface area contributed by atoms with E-state index in [0.717, 1.165) is 11.3 Å². The summed E-state index contributed by atoms with van der Waals surface area (Å²) in [4.78, 5) is 12.4. The van der Waals surface area contributed by atoms with E-state index in [-0.39, 0.29) is 11.9 Å². The fourth-order valence-electron chi connectivity index (χ4n) is 3.24. The zero-order valence-corrected chi connectivity index (χ0v) is 13.4. The second-order valence-electron chi connectivity index (χ2n) is 6.20. The Morgan fingerprint density at radius 1 is 1.24 bits per heavy atom. The number of hydrogen-bond donors (Lipinski definition) is 1. The highest BCUT2D eigenvalue weighted by Gasteiger charge is 2.21. The van der Waals surface area contributed by atoms with E-state index in [1.54, 1.807) is 7.11 Å². The van der Waals surface area contributed by atoms with Gasteiger partial charge in [-0.15, -0.1) is 0 Å². The Labute approximate surface area is 128 Å². The van der Waals surface area contributed by atoms with Crippen LogP contribution in [0.15, 0.2) is 18.2 Å². The number of aryl methyl sites for hydroxylation is 1. The molecule has 2 rings (SSSR count). The lowest BCUT2D eigenvalue weighted by atomic mass is 9.93. The first-order valence-electron chi connectivity index (χ1n) is 8.07. The van der Waals surface area contributed by atoms with Crippen LogP contribution in [0.5, 0.6) is 5.75 Å². The summed E-state index contributed by atoms with van der Waals surface area (Å²) in [5, 5.41) is 3.18. The van der Waals surface area contributed by atoms with E-state index in [2.05, 4.69) is 12.2 Å². The Kier molecular flexibility index (Phi) is 5.66. The van der Waals surface area contributed by atoms with Crippen LogP contribution in [0, 0.1) is 12.8 Å². The van der Waals surface area contributed by atoms with Crippen molar-refractivity contribution in [3.63, 3.8) is 0 Å². The molecule has 0 heterocycles. The molecule has 3 heteroatoms. The van der Waals surface area contributed by atoms with Gasteiger partial charge in [0.1, 0.15) is 5.75 Å². The lowest BCUT2D eigenvalue weighted by Gasteiger charge is -2.23. The summed E-state index contributed by atoms with van der Waals surface area (Å²) < 4.78 is 5.24. The van der Waals surface area contributed by atoms with Crippen LogP contribution in [-0.4, -0.2) is 19.1 Å². The average Bonchev–Trinajstić information content (AvgIpc) is 2.76. The maximum atomic E-state index is 12.4. The minimum atomic E-state index is 0.0255. The summed E-state index contributed by atoms with van der Waals surface area (Å²) in [6, 6.07) is 5.84. The molecular weight excluding hydrogens is 262 g/mol. The molecule has 0 saturated heterocycles. The second kappa shape index (κ2) is 7.48. The quantitative estimate of drug-likeness (QED) is 0.848. The molecule has 1 fully saturated rings. The molecule has 0 spiro atoms. The van der Waals surface area contributed by atoms with Crippen molar-refractivity contribution in [2.24, 2.45) is 5.92 Å². The highest BCUT2D eigenvalue weighted by atomic mass is 16.5. The van der Waals surface area contributed by atoms with Gasteiger partial charge in [-0.1, -0.05) is 25.7 Å². The smallest absolute Gasteiger partial charge is 0.251 e. The van der Waals surface area contributed by atoms with Crippen LogP contribution in [0.3, 0.4) is 0 Å². The summed E-state index contributed by atoms with van der Waals surface area (Å²) in [7, 11) is 1.65. The Hall–Kier alpha value is -1.51. The third-order valence-electron chi connectivity index (χ3n) is 4.62. The average molecular weight is 289 g/mol. The van der Waals surface area contributed by atoms with Gasteiger partial charge < -0.3 is 10.1 Å². The van der Waals surface area contributed by atoms with Gasteiger partial charge in [0.25, 0.3) is 5.91 Å². The Morgan fingerprint density at radius 2 is 1.90 bits per heavy atom. The number of amides is 1. The predicted molar refractivity (Wildman–Crippen MR) is 85.9 cm³/mol. The Balaban J connectivity index is 1.98. The number of nitrogens with one attached hydrogen (secondary N) is 1. The number of methoxy groups -OCH3 is 1. The van der Waals surface area contributed by atoms with Crippen molar-refractivity contribution in [1.82, 2.24) is 5.32 Å². The molecule has 1 saturated carbocycles. The minimum Gasteiger partial charge on any atom is -0.496 e. The van der Waals surface area contributed by atoms with Crippen molar-refractivity contribution >= 4 is 5.91 Å². The predicted octanol–water partition coefficient (Wildman–Crippen LogP) is 4.09. The first-order chi connectivity index (χ1) is 10.1. The van der Waals surface area contributed by atoms with Crippen LogP contribution < -0.4 is 10.1 Å². The molecule has 21 heavy (non-hydrogen) atoms. The summed E-state index contributed by atoms with van der Waals surface area (Å²) in [5.74, 6) is 1.47. The lowest BCUT2D eigenvalue weighted by Crippen LogP contribution is -2.38. The van der Waals surface area contributed by atoms with Gasteiger partial charge in [0.15, 0.2) is 0 Å². The van der Waals surface area contributed by atoms with Crippen molar-refractivity contribution in [1.29, 1.82) is 0 Å². The van der Waals surface area contributed by atoms with Crippen molar-refractivity contribution in [3.05, 3.63) is 29.3 Å². The first kappa shape index (κ1) is 15.9. The molecule has 0 radical (unpaired) electrons. The molecule has 1 atom stereocenters. The third-order valence-corrected chi connectivity index (χ3v) is 4.62. The number of carbonyl (C=O) groups excluding carboxylic acids is 1. The fourth-order valence-corrected chi connectivity index (χ4v) is 3.24. The molecule has 116 valence electrons. The Bertz CT molecular complexity index is 476. The van der Waals surface area contributed by atoms with E-state index in [1.165, 1.54) is 38.5 Å². The van der Waals surface area contributed by atoms with Crippen LogP contribution in [0.1, 0.15) is 61.4 Å². The highest BCUT2D eigenvalue weighted by Crippen LogP contribution is 2.26. The van der Waals surface area contributed by atoms with Gasteiger partial charge in [0.2, 0.25) is 0 Å². The number of hydrogen-bond acceptors (Lipinski definition) is 2. The molecule has 0 bridgehead atoms.